The third-order valence-corrected chi connectivity index (χ3v) is 10.5. The summed E-state index contributed by atoms with van der Waals surface area (Å²) in [6.45, 7) is 7.02. The third-order valence-electron chi connectivity index (χ3n) is 8.88. The van der Waals surface area contributed by atoms with Gasteiger partial charge in [0.2, 0.25) is 0 Å². The number of azo groups is 2. The van der Waals surface area contributed by atoms with Gasteiger partial charge in [0.05, 0.1) is 32.5 Å². The zero-order valence-electron chi connectivity index (χ0n) is 31.0. The summed E-state index contributed by atoms with van der Waals surface area (Å²) in [6.07, 6.45) is 0.753. The SMILES string of the molecule is CCc1cccc(C)c1Nc1ccc2cc(S(=O)(=O)O)cc([O-])c2c1N=Nc1ccc(N=Nc2ccc(N(CC)Cc3cccc(S(=O)(=O)[O-])c3)cc2)cc1.[Na+]. The second kappa shape index (κ2) is 17.9. The molecule has 0 amide bonds. The second-order valence-electron chi connectivity index (χ2n) is 12.6. The number of fused-ring (bicyclic) bond motifs is 1. The van der Waals surface area contributed by atoms with Gasteiger partial charge in [-0.2, -0.15) is 23.8 Å². The summed E-state index contributed by atoms with van der Waals surface area (Å²) in [5.41, 5.74) is 6.75. The summed E-state index contributed by atoms with van der Waals surface area (Å²) >= 11 is 0. The molecule has 0 radical (unpaired) electrons. The van der Waals surface area contributed by atoms with Crippen molar-refractivity contribution >= 4 is 70.8 Å². The van der Waals surface area contributed by atoms with E-state index in [1.54, 1.807) is 48.5 Å². The van der Waals surface area contributed by atoms with Gasteiger partial charge in [-0.3, -0.25) is 4.55 Å². The van der Waals surface area contributed by atoms with Gasteiger partial charge in [-0.15, -0.1) is 5.11 Å². The first-order chi connectivity index (χ1) is 26.2. The van der Waals surface area contributed by atoms with Gasteiger partial charge in [0.25, 0.3) is 10.1 Å². The Labute approximate surface area is 347 Å². The molecular weight excluding hydrogens is 764 g/mol. The Balaban J connectivity index is 0.00000600. The normalized spacial score (nSPS) is 11.9. The minimum absolute atomic E-state index is 0. The van der Waals surface area contributed by atoms with Crippen LogP contribution in [0, 0.1) is 6.92 Å². The molecule has 0 aliphatic carbocycles. The van der Waals surface area contributed by atoms with E-state index < -0.39 is 30.9 Å². The summed E-state index contributed by atoms with van der Waals surface area (Å²) in [4.78, 5) is 1.26. The molecule has 13 nitrogen and oxygen atoms in total. The molecule has 2 N–H and O–H groups in total. The molecule has 0 atom stereocenters. The molecule has 6 aromatic carbocycles. The van der Waals surface area contributed by atoms with E-state index in [0.29, 0.717) is 41.4 Å². The fourth-order valence-electron chi connectivity index (χ4n) is 6.02. The minimum atomic E-state index is -4.62. The number of hydrogen-bond donors (Lipinski definition) is 2. The first kappa shape index (κ1) is 42.1. The smallest absolute Gasteiger partial charge is 0.872 e. The summed E-state index contributed by atoms with van der Waals surface area (Å²) in [7, 11) is -9.17. The van der Waals surface area contributed by atoms with E-state index in [4.69, 9.17) is 0 Å². The first-order valence-electron chi connectivity index (χ1n) is 17.2. The Hall–Kier alpha value is -5.00. The van der Waals surface area contributed by atoms with E-state index in [1.165, 1.54) is 18.2 Å². The topological polar surface area (TPSA) is 199 Å². The van der Waals surface area contributed by atoms with Crippen LogP contribution in [-0.4, -0.2) is 32.5 Å². The number of para-hydroxylation sites is 1. The van der Waals surface area contributed by atoms with Crippen LogP contribution in [0.5, 0.6) is 5.75 Å². The van der Waals surface area contributed by atoms with Crippen LogP contribution in [0.3, 0.4) is 0 Å². The molecule has 0 saturated carbocycles. The maximum absolute atomic E-state index is 13.3. The number of hydrogen-bond acceptors (Lipinski definition) is 12. The van der Waals surface area contributed by atoms with Crippen molar-refractivity contribution in [2.75, 3.05) is 16.8 Å². The molecule has 0 saturated heterocycles. The fourth-order valence-corrected chi connectivity index (χ4v) is 7.09. The standard InChI is InChI=1S/C40H38N6O7S2.Na/c1-4-28-10-6-8-26(3)39(28)41-36-21-12-29-23-35(55(51,52)53)24-37(47)38(29)40(36)45-44-31-15-13-30(14-16-31)42-43-32-17-19-33(20-18-32)46(5-2)25-27-9-7-11-34(22-27)54(48,49)50;/h6-24,41,47H,4-5,25H2,1-3H3,(H,48,49,50)(H,51,52,53);/q;+1/p-2. The van der Waals surface area contributed by atoms with Gasteiger partial charge in [-0.1, -0.05) is 49.1 Å². The number of anilines is 3. The summed E-state index contributed by atoms with van der Waals surface area (Å²) in [6, 6.07) is 31.5. The van der Waals surface area contributed by atoms with Gasteiger partial charge in [-0.25, -0.2) is 8.42 Å². The number of benzene rings is 6. The van der Waals surface area contributed by atoms with E-state index in [-0.39, 0.29) is 50.9 Å². The molecule has 0 heterocycles. The number of rotatable bonds is 13. The molecule has 0 spiro atoms. The van der Waals surface area contributed by atoms with E-state index in [9.17, 15) is 31.0 Å². The second-order valence-corrected chi connectivity index (χ2v) is 15.4. The van der Waals surface area contributed by atoms with Gasteiger partial charge in [0, 0.05) is 29.9 Å². The van der Waals surface area contributed by atoms with E-state index in [1.807, 2.05) is 68.1 Å². The van der Waals surface area contributed by atoms with Crippen molar-refractivity contribution in [1.82, 2.24) is 0 Å². The molecule has 0 aromatic heterocycles. The van der Waals surface area contributed by atoms with Crippen LogP contribution in [0.4, 0.5) is 39.8 Å². The molecule has 6 rings (SSSR count). The average Bonchev–Trinajstić information content (AvgIpc) is 3.16. The summed E-state index contributed by atoms with van der Waals surface area (Å²) in [5.74, 6) is -0.641. The van der Waals surface area contributed by atoms with Crippen molar-refractivity contribution < 1.29 is 60.6 Å². The van der Waals surface area contributed by atoms with Crippen molar-refractivity contribution in [1.29, 1.82) is 0 Å². The molecule has 0 bridgehead atoms. The van der Waals surface area contributed by atoms with Crippen LogP contribution >= 0.6 is 0 Å². The van der Waals surface area contributed by atoms with Crippen LogP contribution in [0.25, 0.3) is 10.8 Å². The largest absolute Gasteiger partial charge is 1.00 e. The molecule has 16 heteroatoms. The molecule has 0 aliphatic rings. The predicted octanol–water partition coefficient (Wildman–Crippen LogP) is 6.54. The molecular formula is C40H36N6NaO7S2-. The van der Waals surface area contributed by atoms with Gasteiger partial charge < -0.3 is 19.9 Å². The van der Waals surface area contributed by atoms with Crippen LogP contribution in [-0.2, 0) is 33.2 Å². The van der Waals surface area contributed by atoms with Gasteiger partial charge in [0.1, 0.15) is 15.8 Å². The predicted molar refractivity (Wildman–Crippen MR) is 209 cm³/mol. The fraction of sp³-hybridized carbons (Fsp3) is 0.150. The minimum Gasteiger partial charge on any atom is -0.872 e. The quantitative estimate of drug-likeness (QED) is 0.0740. The van der Waals surface area contributed by atoms with Crippen molar-refractivity contribution in [3.8, 4) is 5.75 Å². The van der Waals surface area contributed by atoms with Gasteiger partial charge >= 0.3 is 29.6 Å². The third kappa shape index (κ3) is 10.0. The molecule has 0 aliphatic heterocycles. The van der Waals surface area contributed by atoms with Gasteiger partial charge in [-0.05, 0) is 121 Å². The summed E-state index contributed by atoms with van der Waals surface area (Å²) in [5, 5.41) is 34.7. The Kier molecular flexibility index (Phi) is 13.4. The van der Waals surface area contributed by atoms with Crippen LogP contribution in [0.15, 0.2) is 146 Å². The van der Waals surface area contributed by atoms with E-state index in [2.05, 4.69) is 25.8 Å². The molecule has 6 aromatic rings. The maximum atomic E-state index is 13.3. The van der Waals surface area contributed by atoms with Crippen molar-refractivity contribution in [2.45, 2.75) is 43.5 Å². The van der Waals surface area contributed by atoms with E-state index in [0.717, 1.165) is 35.0 Å². The van der Waals surface area contributed by atoms with Crippen LogP contribution in [0.2, 0.25) is 0 Å². The van der Waals surface area contributed by atoms with Crippen molar-refractivity contribution in [2.24, 2.45) is 20.5 Å². The molecule has 0 unspecified atom stereocenters. The van der Waals surface area contributed by atoms with Gasteiger partial charge in [0.15, 0.2) is 0 Å². The molecule has 282 valence electrons. The van der Waals surface area contributed by atoms with Crippen LogP contribution < -0.4 is 44.9 Å². The number of aryl methyl sites for hydroxylation is 2. The maximum Gasteiger partial charge on any atom is 1.00 e. The van der Waals surface area contributed by atoms with Crippen LogP contribution in [0.1, 0.15) is 30.5 Å². The zero-order chi connectivity index (χ0) is 39.3. The number of nitrogens with one attached hydrogen (secondary N) is 1. The van der Waals surface area contributed by atoms with Crippen molar-refractivity contribution in [3.05, 3.63) is 132 Å². The average molecular weight is 800 g/mol. The molecule has 56 heavy (non-hydrogen) atoms. The van der Waals surface area contributed by atoms with E-state index >= 15 is 0 Å². The Morgan fingerprint density at radius 2 is 1.34 bits per heavy atom. The number of nitrogens with zero attached hydrogens (tertiary/aromatic N) is 5. The Morgan fingerprint density at radius 3 is 1.93 bits per heavy atom. The van der Waals surface area contributed by atoms with Crippen molar-refractivity contribution in [3.63, 3.8) is 0 Å². The Bertz CT molecular complexity index is 2660. The Morgan fingerprint density at radius 1 is 0.732 bits per heavy atom. The molecule has 0 fully saturated rings. The first-order valence-corrected chi connectivity index (χ1v) is 20.0. The monoisotopic (exact) mass is 799 g/mol. The zero-order valence-corrected chi connectivity index (χ0v) is 34.7. The summed E-state index contributed by atoms with van der Waals surface area (Å²) < 4.78 is 67.7.